The van der Waals surface area contributed by atoms with E-state index in [0.29, 0.717) is 10.6 Å². The molecule has 3 rings (SSSR count). The molecule has 1 aromatic heterocycles. The van der Waals surface area contributed by atoms with Crippen LogP contribution in [-0.2, 0) is 27.5 Å². The number of amides is 2. The summed E-state index contributed by atoms with van der Waals surface area (Å²) in [5.74, 6) is -1.50. The smallest absolute Gasteiger partial charge is 1.00 e. The summed E-state index contributed by atoms with van der Waals surface area (Å²) in [4.78, 5) is 42.0. The number of rotatable bonds is 17. The third-order valence-corrected chi connectivity index (χ3v) is 23.4. The Morgan fingerprint density at radius 2 is 1.56 bits per heavy atom. The van der Waals surface area contributed by atoms with Gasteiger partial charge in [0.15, 0.2) is 0 Å². The first-order chi connectivity index (χ1) is 18.4. The summed E-state index contributed by atoms with van der Waals surface area (Å²) in [7, 11) is 0. The van der Waals surface area contributed by atoms with Crippen molar-refractivity contribution in [2.45, 2.75) is 111 Å². The van der Waals surface area contributed by atoms with Crippen LogP contribution in [-0.4, -0.2) is 45.8 Å². The Morgan fingerprint density at radius 3 is 2.18 bits per heavy atom. The van der Waals surface area contributed by atoms with E-state index >= 15 is 0 Å². The van der Waals surface area contributed by atoms with Crippen LogP contribution in [0.15, 0.2) is 43.0 Å². The van der Waals surface area contributed by atoms with E-state index in [1.165, 1.54) is 68.3 Å². The molecular weight excluding hydrogens is 665 g/mol. The van der Waals surface area contributed by atoms with Crippen molar-refractivity contribution in [3.8, 4) is 0 Å². The number of hydrogen-bond acceptors (Lipinski definition) is 4. The van der Waals surface area contributed by atoms with Crippen molar-refractivity contribution in [2.24, 2.45) is 0 Å². The fourth-order valence-corrected chi connectivity index (χ4v) is 21.2. The minimum Gasteiger partial charge on any atom is -1.00 e. The second kappa shape index (κ2) is 17.2. The number of nitrogens with zero attached hydrogens (tertiary/aromatic N) is 3. The summed E-state index contributed by atoms with van der Waals surface area (Å²) in [6.07, 6.45) is 16.4. The number of imidazole rings is 1. The fraction of sp³-hybridized carbons (Fsp3) is 0.600. The van der Waals surface area contributed by atoms with Crippen LogP contribution in [0.2, 0.25) is 13.3 Å². The first kappa shape index (κ1) is 33.5. The van der Waals surface area contributed by atoms with E-state index in [4.69, 9.17) is 4.84 Å². The topological polar surface area (TPSA) is 72.5 Å². The summed E-state index contributed by atoms with van der Waals surface area (Å²) in [6, 6.07) is 7.97. The van der Waals surface area contributed by atoms with Gasteiger partial charge in [0, 0.05) is 0 Å². The zero-order valence-corrected chi connectivity index (χ0v) is 28.4. The van der Waals surface area contributed by atoms with Gasteiger partial charge in [-0.1, -0.05) is 0 Å². The van der Waals surface area contributed by atoms with Gasteiger partial charge in [-0.3, -0.25) is 0 Å². The zero-order chi connectivity index (χ0) is 27.4. The SMILES string of the molecule is CCC[CH2][Sn]([CH2]CCC)([CH2]CCCCCn1cc[n+](CC)c1)[c]1cccc(C(=O)ON2C(=O)CCC2=O)c1.[Br-]. The van der Waals surface area contributed by atoms with E-state index in [1.807, 2.05) is 12.1 Å². The molecule has 2 aromatic rings. The predicted octanol–water partition coefficient (Wildman–Crippen LogP) is 2.54. The first-order valence-electron chi connectivity index (χ1n) is 14.7. The molecule has 0 saturated carbocycles. The standard InChI is InChI=1S/C11H20N2.C11H8NO4.2C4H9.BrH.Sn/c1-3-5-6-7-8-13-10-9-12(4-2)11-13;13-9-6-7-10(14)12(9)16-11(15)8-4-2-1-3-5-8;2*1-3-4-2;;/h9-11H,1,3-8H2,2H3;1-2,4-5H,6-7H2;2*1,3-4H2,2H3;1H;/q+1;;;;;/p-1. The Hall–Kier alpha value is -1.68. The van der Waals surface area contributed by atoms with Gasteiger partial charge < -0.3 is 17.0 Å². The predicted molar refractivity (Wildman–Crippen MR) is 151 cm³/mol. The van der Waals surface area contributed by atoms with E-state index < -0.39 is 36.2 Å². The van der Waals surface area contributed by atoms with E-state index in [-0.39, 0.29) is 29.8 Å². The molecule has 0 N–H and O–H groups in total. The average molecular weight is 711 g/mol. The second-order valence-corrected chi connectivity index (χ2v) is 23.9. The monoisotopic (exact) mass is 711 g/mol. The summed E-state index contributed by atoms with van der Waals surface area (Å²) in [5, 5.41) is 0.648. The molecule has 1 fully saturated rings. The van der Waals surface area contributed by atoms with Crippen LogP contribution in [0, 0.1) is 0 Å². The summed E-state index contributed by atoms with van der Waals surface area (Å²) < 4.78 is 9.76. The van der Waals surface area contributed by atoms with Crippen molar-refractivity contribution in [1.29, 1.82) is 0 Å². The van der Waals surface area contributed by atoms with Crippen LogP contribution < -0.4 is 25.1 Å². The van der Waals surface area contributed by atoms with E-state index in [9.17, 15) is 14.4 Å². The summed E-state index contributed by atoms with van der Waals surface area (Å²) in [6.45, 7) is 8.76. The molecule has 216 valence electrons. The molecule has 7 nitrogen and oxygen atoms in total. The second-order valence-electron chi connectivity index (χ2n) is 10.7. The molecule has 0 spiro atoms. The Bertz CT molecular complexity index is 1050. The van der Waals surface area contributed by atoms with E-state index in [2.05, 4.69) is 54.7 Å². The molecule has 1 aliphatic heterocycles. The number of imide groups is 1. The number of carbonyl (C=O) groups is 3. The average Bonchev–Trinajstić information content (AvgIpc) is 3.53. The first-order valence-corrected chi connectivity index (χ1v) is 22.1. The molecule has 0 atom stereocenters. The van der Waals surface area contributed by atoms with Gasteiger partial charge in [0.05, 0.1) is 0 Å². The van der Waals surface area contributed by atoms with Crippen molar-refractivity contribution >= 4 is 39.7 Å². The molecule has 39 heavy (non-hydrogen) atoms. The van der Waals surface area contributed by atoms with Crippen LogP contribution in [0.3, 0.4) is 0 Å². The normalized spacial score (nSPS) is 13.6. The Morgan fingerprint density at radius 1 is 0.923 bits per heavy atom. The zero-order valence-electron chi connectivity index (χ0n) is 24.0. The van der Waals surface area contributed by atoms with Gasteiger partial charge in [-0.05, 0) is 0 Å². The fourth-order valence-electron chi connectivity index (χ4n) is 5.48. The molecule has 9 heteroatoms. The van der Waals surface area contributed by atoms with Crippen molar-refractivity contribution in [3.63, 3.8) is 0 Å². The van der Waals surface area contributed by atoms with Crippen molar-refractivity contribution in [1.82, 2.24) is 9.63 Å². The number of benzene rings is 1. The van der Waals surface area contributed by atoms with Crippen LogP contribution >= 0.6 is 0 Å². The molecule has 0 unspecified atom stereocenters. The molecule has 0 aliphatic carbocycles. The number of halogens is 1. The van der Waals surface area contributed by atoms with Gasteiger partial charge in [0.1, 0.15) is 0 Å². The largest absolute Gasteiger partial charge is 1.00 e. The number of hydroxylamine groups is 2. The molecule has 2 amide bonds. The number of aromatic nitrogens is 2. The van der Waals surface area contributed by atoms with Crippen molar-refractivity contribution < 1.29 is 40.8 Å². The molecule has 1 saturated heterocycles. The number of unbranched alkanes of at least 4 members (excludes halogenated alkanes) is 5. The van der Waals surface area contributed by atoms with Gasteiger partial charge in [-0.15, -0.1) is 0 Å². The van der Waals surface area contributed by atoms with E-state index in [1.54, 1.807) is 6.07 Å². The number of hydrogen-bond donors (Lipinski definition) is 0. The molecule has 0 radical (unpaired) electrons. The third kappa shape index (κ3) is 9.73. The van der Waals surface area contributed by atoms with E-state index in [0.717, 1.165) is 13.1 Å². The van der Waals surface area contributed by atoms with Crippen LogP contribution in [0.5, 0.6) is 0 Å². The van der Waals surface area contributed by atoms with Crippen molar-refractivity contribution in [3.05, 3.63) is 48.5 Å². The molecule has 1 aromatic carbocycles. The van der Waals surface area contributed by atoms with Gasteiger partial charge in [-0.25, -0.2) is 0 Å². The van der Waals surface area contributed by atoms with Gasteiger partial charge >= 0.3 is 233 Å². The van der Waals surface area contributed by atoms with Crippen LogP contribution in [0.4, 0.5) is 0 Å². The minimum atomic E-state index is -2.80. The molecule has 0 bridgehead atoms. The summed E-state index contributed by atoms with van der Waals surface area (Å²) >= 11 is -2.80. The minimum absolute atomic E-state index is 0. The number of aryl methyl sites for hydroxylation is 2. The molecule has 1 aliphatic rings. The number of carbonyl (C=O) groups excluding carboxylic acids is 3. The molecular formula is C30H46BrN3O4Sn. The van der Waals surface area contributed by atoms with Crippen LogP contribution in [0.25, 0.3) is 0 Å². The summed E-state index contributed by atoms with van der Waals surface area (Å²) in [5.41, 5.74) is 0.445. The third-order valence-electron chi connectivity index (χ3n) is 7.84. The van der Waals surface area contributed by atoms with Gasteiger partial charge in [0.2, 0.25) is 0 Å². The Kier molecular flexibility index (Phi) is 14.8. The molecule has 2 heterocycles. The van der Waals surface area contributed by atoms with Gasteiger partial charge in [-0.2, -0.15) is 0 Å². The van der Waals surface area contributed by atoms with Crippen molar-refractivity contribution in [2.75, 3.05) is 0 Å². The van der Waals surface area contributed by atoms with Gasteiger partial charge in [0.25, 0.3) is 0 Å². The maximum atomic E-state index is 12.9. The maximum absolute atomic E-state index is 12.9. The maximum Gasteiger partial charge on any atom is -1.00 e. The Labute approximate surface area is 248 Å². The van der Waals surface area contributed by atoms with Crippen LogP contribution in [0.1, 0.15) is 95.3 Å². The Balaban J connectivity index is 0.00000533. The quantitative estimate of drug-likeness (QED) is 0.110.